The van der Waals surface area contributed by atoms with Crippen LogP contribution in [0.15, 0.2) is 154 Å². The van der Waals surface area contributed by atoms with Gasteiger partial charge in [0.25, 0.3) is 0 Å². The zero-order chi connectivity index (χ0) is 42.7. The second-order valence-electron chi connectivity index (χ2n) is 15.7. The monoisotopic (exact) mass is 790 g/mol. The summed E-state index contributed by atoms with van der Waals surface area (Å²) in [6.45, 7) is 0. The standard InChI is InChI=1S/C51H24B6N4O2/c52-34-23-36(54)46-42(44(34)56)43-45(57)35(53)24-37(55)47(43)61(46)28-21-32-29-19-18-27(51-59-49(25-10-3-1-4-11-25)58-50(60-51)26-12-5-2-6-13-26)20-40(29)63-48(32)33(22-28)30-15-9-17-39-41(30)31-14-7-8-16-38(31)62-39/h1-24H. The molecule has 12 heteroatoms. The van der Waals surface area contributed by atoms with E-state index in [0.717, 1.165) is 66.2 Å². The van der Waals surface area contributed by atoms with Crippen molar-refractivity contribution in [3.63, 3.8) is 0 Å². The second kappa shape index (κ2) is 14.0. The van der Waals surface area contributed by atoms with Crippen molar-refractivity contribution in [2.45, 2.75) is 0 Å². The van der Waals surface area contributed by atoms with Crippen LogP contribution in [0.2, 0.25) is 0 Å². The molecule has 0 bridgehead atoms. The highest BCUT2D eigenvalue weighted by atomic mass is 16.3. The largest absolute Gasteiger partial charge is 0.456 e. The van der Waals surface area contributed by atoms with Gasteiger partial charge in [0, 0.05) is 60.5 Å². The van der Waals surface area contributed by atoms with Crippen LogP contribution in [-0.4, -0.2) is 66.6 Å². The zero-order valence-electron chi connectivity index (χ0n) is 33.4. The molecule has 4 heterocycles. The Kier molecular flexibility index (Phi) is 8.32. The summed E-state index contributed by atoms with van der Waals surface area (Å²) in [5, 5.41) is 4.72. The molecule has 12 aromatic rings. The van der Waals surface area contributed by atoms with Crippen LogP contribution in [-0.2, 0) is 0 Å². The number of benzene rings is 8. The quantitative estimate of drug-likeness (QED) is 0.195. The van der Waals surface area contributed by atoms with Gasteiger partial charge >= 0.3 is 0 Å². The maximum absolute atomic E-state index is 7.00. The number of nitrogens with zero attached hydrogens (tertiary/aromatic N) is 4. The topological polar surface area (TPSA) is 69.9 Å². The summed E-state index contributed by atoms with van der Waals surface area (Å²) in [6.07, 6.45) is 0. The minimum absolute atomic E-state index is 0.315. The highest BCUT2D eigenvalue weighted by Crippen LogP contribution is 2.44. The third kappa shape index (κ3) is 5.70. The van der Waals surface area contributed by atoms with Crippen LogP contribution in [0.4, 0.5) is 0 Å². The molecule has 0 spiro atoms. The van der Waals surface area contributed by atoms with Crippen LogP contribution in [0, 0.1) is 0 Å². The molecule has 0 N–H and O–H groups in total. The molecule has 0 atom stereocenters. The molecule has 4 aromatic heterocycles. The molecule has 12 rings (SSSR count). The fourth-order valence-electron chi connectivity index (χ4n) is 9.09. The molecule has 0 fully saturated rings. The molecule has 0 aliphatic rings. The molecule has 63 heavy (non-hydrogen) atoms. The lowest BCUT2D eigenvalue weighted by Crippen LogP contribution is -2.33. The van der Waals surface area contributed by atoms with Gasteiger partial charge in [-0.3, -0.25) is 0 Å². The maximum Gasteiger partial charge on any atom is 0.164 e. The lowest BCUT2D eigenvalue weighted by molar-refractivity contribution is 0.668. The van der Waals surface area contributed by atoms with E-state index in [9.17, 15) is 0 Å². The molecular weight excluding hydrogens is 765 g/mol. The lowest BCUT2D eigenvalue weighted by Gasteiger charge is -2.16. The van der Waals surface area contributed by atoms with E-state index in [-0.39, 0.29) is 0 Å². The smallest absolute Gasteiger partial charge is 0.164 e. The highest BCUT2D eigenvalue weighted by molar-refractivity contribution is 6.62. The molecule has 12 radical (unpaired) electrons. The highest BCUT2D eigenvalue weighted by Gasteiger charge is 2.25. The first-order chi connectivity index (χ1) is 30.7. The molecule has 0 saturated heterocycles. The van der Waals surface area contributed by atoms with Crippen molar-refractivity contribution in [1.82, 2.24) is 19.5 Å². The van der Waals surface area contributed by atoms with Gasteiger partial charge in [-0.05, 0) is 52.7 Å². The van der Waals surface area contributed by atoms with Gasteiger partial charge in [-0.25, -0.2) is 15.0 Å². The molecule has 0 aliphatic heterocycles. The summed E-state index contributed by atoms with van der Waals surface area (Å²) < 4.78 is 15.4. The SMILES string of the molecule is [B]c1cc([B])c2c(c1[B])c1c([B])c([B])cc([B])c1n2-c1cc(-c2cccc3oc4ccccc4c23)c2oc3cc(-c4nc(-c5ccccc5)nc(-c5ccccc5)n4)ccc3c2c1. The number of hydrogen-bond donors (Lipinski definition) is 0. The van der Waals surface area contributed by atoms with E-state index in [0.29, 0.717) is 83.2 Å². The predicted molar refractivity (Wildman–Crippen MR) is 263 cm³/mol. The average Bonchev–Trinajstić information content (AvgIpc) is 4.01. The summed E-state index contributed by atoms with van der Waals surface area (Å²) in [5.74, 6) is 1.63. The third-order valence-electron chi connectivity index (χ3n) is 12.0. The van der Waals surface area contributed by atoms with Crippen LogP contribution in [0.1, 0.15) is 0 Å². The maximum atomic E-state index is 7.00. The van der Waals surface area contributed by atoms with Gasteiger partial charge < -0.3 is 13.4 Å². The van der Waals surface area contributed by atoms with Crippen LogP contribution in [0.5, 0.6) is 0 Å². The van der Waals surface area contributed by atoms with Crippen molar-refractivity contribution >= 4 is 146 Å². The van der Waals surface area contributed by atoms with Gasteiger partial charge in [-0.1, -0.05) is 131 Å². The summed E-state index contributed by atoms with van der Waals surface area (Å²) in [7, 11) is 40.2. The van der Waals surface area contributed by atoms with Gasteiger partial charge in [0.15, 0.2) is 17.5 Å². The number of fused-ring (bicyclic) bond motifs is 9. The summed E-state index contributed by atoms with van der Waals surface area (Å²) in [6, 6.07) is 47.3. The lowest BCUT2D eigenvalue weighted by atomic mass is 9.71. The first-order valence-corrected chi connectivity index (χ1v) is 20.3. The molecular formula is C51H24B6N4O2. The van der Waals surface area contributed by atoms with E-state index in [4.69, 9.17) is 70.9 Å². The first-order valence-electron chi connectivity index (χ1n) is 20.3. The van der Waals surface area contributed by atoms with E-state index in [1.165, 1.54) is 0 Å². The fourth-order valence-corrected chi connectivity index (χ4v) is 9.09. The minimum Gasteiger partial charge on any atom is -0.456 e. The van der Waals surface area contributed by atoms with Gasteiger partial charge in [0.1, 0.15) is 69.4 Å². The number of hydrogen-bond acceptors (Lipinski definition) is 5. The Morgan fingerprint density at radius 2 is 0.952 bits per heavy atom. The Morgan fingerprint density at radius 1 is 0.381 bits per heavy atom. The summed E-state index contributed by atoms with van der Waals surface area (Å²) in [5.41, 5.74) is 10.9. The molecule has 0 amide bonds. The molecule has 8 aromatic carbocycles. The number of aromatic nitrogens is 4. The van der Waals surface area contributed by atoms with Gasteiger partial charge in [0.05, 0.1) is 0 Å². The van der Waals surface area contributed by atoms with E-state index < -0.39 is 0 Å². The summed E-state index contributed by atoms with van der Waals surface area (Å²) in [4.78, 5) is 14.9. The molecule has 0 saturated carbocycles. The van der Waals surface area contributed by atoms with Crippen molar-refractivity contribution in [3.8, 4) is 51.0 Å². The van der Waals surface area contributed by atoms with Crippen LogP contribution in [0.3, 0.4) is 0 Å². The fraction of sp³-hybridized carbons (Fsp3) is 0. The first kappa shape index (κ1) is 37.3. The average molecular weight is 790 g/mol. The van der Waals surface area contributed by atoms with Crippen molar-refractivity contribution in [2.24, 2.45) is 0 Å². The van der Waals surface area contributed by atoms with Crippen LogP contribution >= 0.6 is 0 Å². The third-order valence-corrected chi connectivity index (χ3v) is 12.0. The van der Waals surface area contributed by atoms with Crippen molar-refractivity contribution in [1.29, 1.82) is 0 Å². The van der Waals surface area contributed by atoms with Crippen molar-refractivity contribution in [2.75, 3.05) is 0 Å². The predicted octanol–water partition coefficient (Wildman–Crippen LogP) is 6.20. The molecule has 6 nitrogen and oxygen atoms in total. The van der Waals surface area contributed by atoms with Gasteiger partial charge in [0.2, 0.25) is 0 Å². The van der Waals surface area contributed by atoms with Crippen molar-refractivity contribution < 1.29 is 8.83 Å². The van der Waals surface area contributed by atoms with Crippen molar-refractivity contribution in [3.05, 3.63) is 146 Å². The Morgan fingerprint density at radius 3 is 1.59 bits per heavy atom. The van der Waals surface area contributed by atoms with Gasteiger partial charge in [-0.15, -0.1) is 10.9 Å². The zero-order valence-corrected chi connectivity index (χ0v) is 33.4. The Bertz CT molecular complexity index is 3750. The Labute approximate surface area is 368 Å². The molecule has 0 unspecified atom stereocenters. The van der Waals surface area contributed by atoms with E-state index >= 15 is 0 Å². The van der Waals surface area contributed by atoms with E-state index in [1.54, 1.807) is 12.1 Å². The normalized spacial score (nSPS) is 11.9. The number of rotatable bonds is 5. The van der Waals surface area contributed by atoms with E-state index in [1.807, 2.05) is 114 Å². The van der Waals surface area contributed by atoms with Crippen LogP contribution in [0.25, 0.3) is 117 Å². The molecule has 0 aliphatic carbocycles. The minimum atomic E-state index is 0.315. The second-order valence-corrected chi connectivity index (χ2v) is 15.7. The Hall–Kier alpha value is -7.44. The van der Waals surface area contributed by atoms with E-state index in [2.05, 4.69) is 24.3 Å². The number of para-hydroxylation sites is 1. The Balaban J connectivity index is 1.17. The van der Waals surface area contributed by atoms with Gasteiger partial charge in [-0.2, -0.15) is 0 Å². The molecule has 278 valence electrons. The van der Waals surface area contributed by atoms with Crippen LogP contribution < -0.4 is 32.8 Å². The number of furan rings is 2. The summed E-state index contributed by atoms with van der Waals surface area (Å²) >= 11 is 0.